The Kier molecular flexibility index (Phi) is 5.44. The molecular formula is C19H15BrClN5O2S. The zero-order valence-electron chi connectivity index (χ0n) is 15.1. The number of rotatable bonds is 4. The number of aryl methyl sites for hydroxylation is 1. The molecule has 10 heteroatoms. The van der Waals surface area contributed by atoms with Gasteiger partial charge in [-0.2, -0.15) is 5.10 Å². The van der Waals surface area contributed by atoms with Crippen molar-refractivity contribution >= 4 is 60.9 Å². The number of nitrogens with one attached hydrogen (secondary N) is 3. The molecule has 7 nitrogen and oxygen atoms in total. The minimum Gasteiger partial charge on any atom is -0.356 e. The Morgan fingerprint density at radius 1 is 1.24 bits per heavy atom. The predicted octanol–water partition coefficient (Wildman–Crippen LogP) is 4.27. The number of aromatic amines is 1. The van der Waals surface area contributed by atoms with Crippen molar-refractivity contribution in [3.05, 3.63) is 73.9 Å². The first kappa shape index (κ1) is 19.7. The highest BCUT2D eigenvalue weighted by molar-refractivity contribution is 9.10. The van der Waals surface area contributed by atoms with E-state index in [1.807, 2.05) is 35.9 Å². The summed E-state index contributed by atoms with van der Waals surface area (Å²) in [6, 6.07) is 11.0. The third kappa shape index (κ3) is 4.07. The van der Waals surface area contributed by atoms with Crippen molar-refractivity contribution < 1.29 is 9.59 Å². The second-order valence-corrected chi connectivity index (χ2v) is 8.66. The molecule has 0 spiro atoms. The van der Waals surface area contributed by atoms with Crippen molar-refractivity contribution in [2.24, 2.45) is 0 Å². The van der Waals surface area contributed by atoms with Crippen LogP contribution in [0, 0.1) is 6.92 Å². The lowest BCUT2D eigenvalue weighted by molar-refractivity contribution is 0.0846. The Balaban J connectivity index is 1.52. The first-order valence-corrected chi connectivity index (χ1v) is 10.6. The molecule has 0 atom stereocenters. The lowest BCUT2D eigenvalue weighted by Gasteiger charge is -2.05. The van der Waals surface area contributed by atoms with E-state index < -0.39 is 11.8 Å². The van der Waals surface area contributed by atoms with Gasteiger partial charge in [-0.1, -0.05) is 29.8 Å². The minimum atomic E-state index is -0.439. The topological polar surface area (TPSA) is 91.8 Å². The number of aromatic nitrogens is 3. The number of H-pyrrole nitrogens is 1. The van der Waals surface area contributed by atoms with Gasteiger partial charge in [0.15, 0.2) is 0 Å². The third-order valence-electron chi connectivity index (χ3n) is 4.29. The summed E-state index contributed by atoms with van der Waals surface area (Å²) in [7, 11) is 0. The van der Waals surface area contributed by atoms with Gasteiger partial charge in [0.05, 0.1) is 17.1 Å². The molecule has 2 amide bonds. The van der Waals surface area contributed by atoms with Crippen LogP contribution in [0.1, 0.15) is 31.4 Å². The number of carbonyl (C=O) groups is 2. The van der Waals surface area contributed by atoms with E-state index in [4.69, 9.17) is 11.6 Å². The van der Waals surface area contributed by atoms with Gasteiger partial charge < -0.3 is 4.98 Å². The molecule has 4 aromatic rings. The van der Waals surface area contributed by atoms with Gasteiger partial charge in [-0.15, -0.1) is 11.3 Å². The Hall–Kier alpha value is -2.62. The van der Waals surface area contributed by atoms with Crippen molar-refractivity contribution in [3.63, 3.8) is 0 Å². The Morgan fingerprint density at radius 3 is 2.72 bits per heavy atom. The van der Waals surface area contributed by atoms with Gasteiger partial charge in [-0.3, -0.25) is 25.1 Å². The van der Waals surface area contributed by atoms with E-state index in [0.717, 1.165) is 25.9 Å². The SMILES string of the molecule is Cc1nn(Cc2ccccc2Cl)c2sc(C(=O)NNC(=O)c3cc(Br)c[nH]3)cc12. The standard InChI is InChI=1S/C19H15BrClN5O2S/c1-10-13-7-16(18(28)24-23-17(27)15-6-12(20)8-22-15)29-19(13)26(25-10)9-11-4-2-3-5-14(11)21/h2-8,22H,9H2,1H3,(H,23,27)(H,24,28). The first-order chi connectivity index (χ1) is 13.9. The van der Waals surface area contributed by atoms with Crippen molar-refractivity contribution in [1.82, 2.24) is 25.6 Å². The van der Waals surface area contributed by atoms with Crippen molar-refractivity contribution in [3.8, 4) is 0 Å². The summed E-state index contributed by atoms with van der Waals surface area (Å²) in [6.45, 7) is 2.40. The molecule has 0 aliphatic heterocycles. The van der Waals surface area contributed by atoms with E-state index in [-0.39, 0.29) is 0 Å². The second-order valence-electron chi connectivity index (χ2n) is 6.30. The van der Waals surface area contributed by atoms with E-state index in [2.05, 4.69) is 36.9 Å². The fourth-order valence-corrected chi connectivity index (χ4v) is 4.46. The van der Waals surface area contributed by atoms with E-state index in [1.54, 1.807) is 18.3 Å². The molecule has 3 heterocycles. The number of hydrazine groups is 1. The van der Waals surface area contributed by atoms with Gasteiger partial charge in [0.25, 0.3) is 11.8 Å². The molecule has 0 bridgehead atoms. The molecule has 3 aromatic heterocycles. The minimum absolute atomic E-state index is 0.333. The fourth-order valence-electron chi connectivity index (χ4n) is 2.86. The van der Waals surface area contributed by atoms with Crippen LogP contribution in [-0.4, -0.2) is 26.6 Å². The number of carbonyl (C=O) groups excluding carboxylic acids is 2. The van der Waals surface area contributed by atoms with Crippen molar-refractivity contribution in [2.75, 3.05) is 0 Å². The quantitative estimate of drug-likeness (QED) is 0.371. The lowest BCUT2D eigenvalue weighted by atomic mass is 10.2. The zero-order valence-corrected chi connectivity index (χ0v) is 18.3. The number of nitrogens with zero attached hydrogens (tertiary/aromatic N) is 2. The monoisotopic (exact) mass is 491 g/mol. The van der Waals surface area contributed by atoms with Crippen LogP contribution < -0.4 is 10.9 Å². The number of hydrogen-bond acceptors (Lipinski definition) is 4. The summed E-state index contributed by atoms with van der Waals surface area (Å²) >= 11 is 10.8. The molecule has 0 saturated carbocycles. The summed E-state index contributed by atoms with van der Waals surface area (Å²) in [5.74, 6) is -0.833. The first-order valence-electron chi connectivity index (χ1n) is 8.57. The van der Waals surface area contributed by atoms with Gasteiger partial charge in [0, 0.05) is 21.1 Å². The van der Waals surface area contributed by atoms with Crippen LogP contribution in [0.5, 0.6) is 0 Å². The molecule has 0 fully saturated rings. The number of thiophene rings is 1. The highest BCUT2D eigenvalue weighted by Crippen LogP contribution is 2.29. The molecule has 0 unspecified atom stereocenters. The molecule has 148 valence electrons. The van der Waals surface area contributed by atoms with E-state index in [1.165, 1.54) is 11.3 Å². The van der Waals surface area contributed by atoms with Crippen LogP contribution in [0.2, 0.25) is 5.02 Å². The average Bonchev–Trinajstić information content (AvgIpc) is 3.39. The number of benzene rings is 1. The summed E-state index contributed by atoms with van der Waals surface area (Å²) in [6.07, 6.45) is 1.64. The smallest absolute Gasteiger partial charge is 0.286 e. The molecule has 4 rings (SSSR count). The maximum atomic E-state index is 12.5. The van der Waals surface area contributed by atoms with Crippen LogP contribution in [-0.2, 0) is 6.54 Å². The lowest BCUT2D eigenvalue weighted by Crippen LogP contribution is -2.41. The molecule has 0 aliphatic carbocycles. The normalized spacial score (nSPS) is 11.0. The molecule has 0 aliphatic rings. The molecule has 0 radical (unpaired) electrons. The molecule has 1 aromatic carbocycles. The van der Waals surface area contributed by atoms with E-state index in [9.17, 15) is 9.59 Å². The van der Waals surface area contributed by atoms with Crippen LogP contribution in [0.15, 0.2) is 47.1 Å². The number of fused-ring (bicyclic) bond motifs is 1. The van der Waals surface area contributed by atoms with Crippen LogP contribution in [0.4, 0.5) is 0 Å². The maximum absolute atomic E-state index is 12.5. The molecule has 0 saturated heterocycles. The molecule has 29 heavy (non-hydrogen) atoms. The molecule has 3 N–H and O–H groups in total. The summed E-state index contributed by atoms with van der Waals surface area (Å²) in [5.41, 5.74) is 6.94. The largest absolute Gasteiger partial charge is 0.356 e. The molecular weight excluding hydrogens is 478 g/mol. The van der Waals surface area contributed by atoms with Gasteiger partial charge in [0.2, 0.25) is 0 Å². The highest BCUT2D eigenvalue weighted by Gasteiger charge is 2.18. The maximum Gasteiger partial charge on any atom is 0.286 e. The number of amides is 2. The predicted molar refractivity (Wildman–Crippen MR) is 116 cm³/mol. The van der Waals surface area contributed by atoms with Gasteiger partial charge in [-0.25, -0.2) is 0 Å². The van der Waals surface area contributed by atoms with Crippen molar-refractivity contribution in [2.45, 2.75) is 13.5 Å². The summed E-state index contributed by atoms with van der Waals surface area (Å²) in [5, 5.41) is 6.12. The Labute approximate surface area is 183 Å². The third-order valence-corrected chi connectivity index (χ3v) is 6.26. The van der Waals surface area contributed by atoms with Crippen LogP contribution >= 0.6 is 38.9 Å². The van der Waals surface area contributed by atoms with Crippen LogP contribution in [0.3, 0.4) is 0 Å². The van der Waals surface area contributed by atoms with Gasteiger partial charge in [-0.05, 0) is 46.6 Å². The van der Waals surface area contributed by atoms with Gasteiger partial charge >= 0.3 is 0 Å². The Morgan fingerprint density at radius 2 is 2.00 bits per heavy atom. The second kappa shape index (κ2) is 8.02. The van der Waals surface area contributed by atoms with Crippen molar-refractivity contribution in [1.29, 1.82) is 0 Å². The van der Waals surface area contributed by atoms with E-state index in [0.29, 0.717) is 22.1 Å². The number of hydrogen-bond donors (Lipinski definition) is 3. The fraction of sp³-hybridized carbons (Fsp3) is 0.105. The van der Waals surface area contributed by atoms with Crippen LogP contribution in [0.25, 0.3) is 10.2 Å². The zero-order chi connectivity index (χ0) is 20.5. The van der Waals surface area contributed by atoms with E-state index >= 15 is 0 Å². The highest BCUT2D eigenvalue weighted by atomic mass is 79.9. The number of halogens is 2. The summed E-state index contributed by atoms with van der Waals surface area (Å²) < 4.78 is 2.58. The Bertz CT molecular complexity index is 1230. The summed E-state index contributed by atoms with van der Waals surface area (Å²) in [4.78, 5) is 28.7. The average molecular weight is 493 g/mol. The van der Waals surface area contributed by atoms with Gasteiger partial charge in [0.1, 0.15) is 10.5 Å².